The highest BCUT2D eigenvalue weighted by atomic mass is 31.0. The van der Waals surface area contributed by atoms with E-state index in [1.54, 1.807) is 0 Å². The Kier molecular flexibility index (Phi) is 12.4. The third kappa shape index (κ3) is 10.5. The van der Waals surface area contributed by atoms with Gasteiger partial charge >= 0.3 is 0 Å². The number of rotatable bonds is 10. The van der Waals surface area contributed by atoms with E-state index in [2.05, 4.69) is 35.2 Å². The number of hydrogen-bond acceptors (Lipinski definition) is 0. The molecule has 0 spiro atoms. The Hall–Kier alpha value is 0.170. The van der Waals surface area contributed by atoms with Crippen LogP contribution in [0, 0.1) is 5.92 Å². The zero-order valence-electron chi connectivity index (χ0n) is 10.7. The minimum Gasteiger partial charge on any atom is -0.134 e. The van der Waals surface area contributed by atoms with Crippen molar-refractivity contribution in [2.24, 2.45) is 5.92 Å². The van der Waals surface area contributed by atoms with Crippen LogP contribution in [-0.2, 0) is 0 Å². The first-order valence-corrected chi connectivity index (χ1v) is 7.53. The van der Waals surface area contributed by atoms with Gasteiger partial charge in [0.05, 0.1) is 0 Å². The van der Waals surface area contributed by atoms with E-state index in [9.17, 15) is 0 Å². The van der Waals surface area contributed by atoms with Crippen LogP contribution < -0.4 is 0 Å². The van der Waals surface area contributed by atoms with Crippen molar-refractivity contribution in [2.45, 2.75) is 65.2 Å². The summed E-state index contributed by atoms with van der Waals surface area (Å²) in [4.78, 5) is 0. The van der Waals surface area contributed by atoms with Gasteiger partial charge < -0.3 is 0 Å². The molecular weight excluding hydrogens is 199 g/mol. The van der Waals surface area contributed by atoms with Gasteiger partial charge in [0.15, 0.2) is 0 Å². The molecule has 0 aromatic carbocycles. The maximum atomic E-state index is 2.77. The molecule has 0 aliphatic carbocycles. The summed E-state index contributed by atoms with van der Waals surface area (Å²) in [5.74, 6) is 0.851. The highest BCUT2D eigenvalue weighted by molar-refractivity contribution is 7.16. The summed E-state index contributed by atoms with van der Waals surface area (Å²) < 4.78 is 0. The summed E-state index contributed by atoms with van der Waals surface area (Å²) in [6, 6.07) is 0. The Bertz CT molecular complexity index is 130. The topological polar surface area (TPSA) is 0 Å². The molecule has 0 N–H and O–H groups in total. The average molecular weight is 228 g/mol. The third-order valence-electron chi connectivity index (χ3n) is 2.90. The van der Waals surface area contributed by atoms with E-state index in [-0.39, 0.29) is 0 Å². The molecule has 15 heavy (non-hydrogen) atoms. The quantitative estimate of drug-likeness (QED) is 0.274. The fourth-order valence-corrected chi connectivity index (χ4v) is 2.08. The van der Waals surface area contributed by atoms with Crippen molar-refractivity contribution in [1.82, 2.24) is 0 Å². The van der Waals surface area contributed by atoms with Crippen LogP contribution in [-0.4, -0.2) is 6.16 Å². The second-order valence-electron chi connectivity index (χ2n) is 4.42. The molecule has 0 saturated carbocycles. The Balaban J connectivity index is 3.68. The van der Waals surface area contributed by atoms with Crippen LogP contribution in [0.4, 0.5) is 0 Å². The van der Waals surface area contributed by atoms with Gasteiger partial charge in [0.1, 0.15) is 0 Å². The molecule has 0 saturated heterocycles. The first kappa shape index (κ1) is 15.2. The van der Waals surface area contributed by atoms with E-state index in [0.29, 0.717) is 0 Å². The van der Waals surface area contributed by atoms with Gasteiger partial charge in [0.25, 0.3) is 0 Å². The van der Waals surface area contributed by atoms with Crippen LogP contribution >= 0.6 is 9.24 Å². The second-order valence-corrected chi connectivity index (χ2v) is 4.89. The Labute approximate surface area is 99.1 Å². The standard InChI is InChI=1S/C14H29P/c1-3-5-7-10-14(12-9-13-15)11-8-6-4-2/h9,12,14H,3-8,10-11,13,15H2,1-2H3/b12-9-. The van der Waals surface area contributed by atoms with Crippen molar-refractivity contribution in [3.05, 3.63) is 12.2 Å². The summed E-state index contributed by atoms with van der Waals surface area (Å²) >= 11 is 0. The van der Waals surface area contributed by atoms with Crippen molar-refractivity contribution in [2.75, 3.05) is 6.16 Å². The Morgan fingerprint density at radius 3 is 1.87 bits per heavy atom. The molecule has 0 rings (SSSR count). The van der Waals surface area contributed by atoms with Crippen LogP contribution in [0.5, 0.6) is 0 Å². The molecule has 0 fully saturated rings. The second kappa shape index (κ2) is 12.2. The lowest BCUT2D eigenvalue weighted by atomic mass is 9.95. The van der Waals surface area contributed by atoms with Crippen molar-refractivity contribution in [3.8, 4) is 0 Å². The van der Waals surface area contributed by atoms with Gasteiger partial charge in [-0.25, -0.2) is 0 Å². The van der Waals surface area contributed by atoms with Gasteiger partial charge in [-0.1, -0.05) is 64.5 Å². The van der Waals surface area contributed by atoms with Gasteiger partial charge in [0, 0.05) is 0 Å². The number of hydrogen-bond donors (Lipinski definition) is 0. The zero-order valence-corrected chi connectivity index (χ0v) is 11.8. The largest absolute Gasteiger partial charge is 0.134 e. The molecule has 0 aliphatic heterocycles. The first-order valence-electron chi connectivity index (χ1n) is 6.71. The van der Waals surface area contributed by atoms with Gasteiger partial charge in [-0.15, -0.1) is 9.24 Å². The van der Waals surface area contributed by atoms with E-state index in [4.69, 9.17) is 0 Å². The predicted octanol–water partition coefficient (Wildman–Crippen LogP) is 5.19. The molecule has 1 unspecified atom stereocenters. The van der Waals surface area contributed by atoms with E-state index in [1.807, 2.05) is 0 Å². The van der Waals surface area contributed by atoms with Crippen molar-refractivity contribution < 1.29 is 0 Å². The van der Waals surface area contributed by atoms with Gasteiger partial charge in [0.2, 0.25) is 0 Å². The van der Waals surface area contributed by atoms with Crippen LogP contribution in [0.25, 0.3) is 0 Å². The fourth-order valence-electron chi connectivity index (χ4n) is 1.92. The first-order chi connectivity index (χ1) is 7.35. The zero-order chi connectivity index (χ0) is 11.4. The van der Waals surface area contributed by atoms with Crippen molar-refractivity contribution in [1.29, 1.82) is 0 Å². The molecule has 0 nitrogen and oxygen atoms in total. The smallest absolute Gasteiger partial charge is 0.0200 e. The molecular formula is C14H29P. The van der Waals surface area contributed by atoms with Crippen LogP contribution in [0.2, 0.25) is 0 Å². The molecule has 0 aromatic rings. The van der Waals surface area contributed by atoms with Crippen molar-refractivity contribution >= 4 is 9.24 Å². The van der Waals surface area contributed by atoms with Crippen molar-refractivity contribution in [3.63, 3.8) is 0 Å². The molecule has 0 bridgehead atoms. The maximum Gasteiger partial charge on any atom is -0.0200 e. The van der Waals surface area contributed by atoms with Crippen LogP contribution in [0.3, 0.4) is 0 Å². The average Bonchev–Trinajstić information content (AvgIpc) is 2.25. The molecule has 0 heterocycles. The molecule has 1 heteroatoms. The normalized spacial score (nSPS) is 11.7. The molecule has 0 aromatic heterocycles. The lowest BCUT2D eigenvalue weighted by Gasteiger charge is -2.12. The number of allylic oxidation sites excluding steroid dienone is 2. The van der Waals surface area contributed by atoms with E-state index in [0.717, 1.165) is 12.1 Å². The highest BCUT2D eigenvalue weighted by Gasteiger charge is 2.03. The Morgan fingerprint density at radius 2 is 1.47 bits per heavy atom. The van der Waals surface area contributed by atoms with Crippen LogP contribution in [0.15, 0.2) is 12.2 Å². The lowest BCUT2D eigenvalue weighted by molar-refractivity contribution is 0.481. The van der Waals surface area contributed by atoms with Gasteiger partial charge in [-0.05, 0) is 24.9 Å². The summed E-state index contributed by atoms with van der Waals surface area (Å²) in [6.45, 7) is 4.56. The highest BCUT2D eigenvalue weighted by Crippen LogP contribution is 2.18. The SMILES string of the molecule is CCCCCC(/C=C\CP)CCCCC. The molecule has 1 atom stereocenters. The number of unbranched alkanes of at least 4 members (excludes halogenated alkanes) is 4. The lowest BCUT2D eigenvalue weighted by Crippen LogP contribution is -1.97. The molecule has 0 aliphatic rings. The molecule has 0 amide bonds. The van der Waals surface area contributed by atoms with Gasteiger partial charge in [-0.2, -0.15) is 0 Å². The summed E-state index contributed by atoms with van der Waals surface area (Å²) in [5, 5.41) is 0. The molecule has 0 radical (unpaired) electrons. The van der Waals surface area contributed by atoms with Gasteiger partial charge in [-0.3, -0.25) is 0 Å². The Morgan fingerprint density at radius 1 is 0.933 bits per heavy atom. The fraction of sp³-hybridized carbons (Fsp3) is 0.857. The predicted molar refractivity (Wildman–Crippen MR) is 75.5 cm³/mol. The monoisotopic (exact) mass is 228 g/mol. The third-order valence-corrected chi connectivity index (χ3v) is 3.17. The molecule has 90 valence electrons. The minimum absolute atomic E-state index is 0.851. The van der Waals surface area contributed by atoms with E-state index >= 15 is 0 Å². The summed E-state index contributed by atoms with van der Waals surface area (Å²) in [6.07, 6.45) is 17.0. The van der Waals surface area contributed by atoms with E-state index in [1.165, 1.54) is 51.4 Å². The maximum absolute atomic E-state index is 2.77. The van der Waals surface area contributed by atoms with Crippen LogP contribution in [0.1, 0.15) is 65.2 Å². The minimum atomic E-state index is 0.851. The summed E-state index contributed by atoms with van der Waals surface area (Å²) in [5.41, 5.74) is 0. The van der Waals surface area contributed by atoms with E-state index < -0.39 is 0 Å². The summed E-state index contributed by atoms with van der Waals surface area (Å²) in [7, 11) is 2.77.